The van der Waals surface area contributed by atoms with Crippen molar-refractivity contribution in [1.82, 2.24) is 4.98 Å². The van der Waals surface area contributed by atoms with Gasteiger partial charge in [0.15, 0.2) is 0 Å². The average Bonchev–Trinajstić information content (AvgIpc) is 3.13. The van der Waals surface area contributed by atoms with E-state index in [9.17, 15) is 5.11 Å². The fourth-order valence-corrected chi connectivity index (χ4v) is 4.19. The first-order valence-electron chi connectivity index (χ1n) is 6.53. The van der Waals surface area contributed by atoms with Crippen LogP contribution in [0.25, 0.3) is 21.8 Å². The second kappa shape index (κ2) is 6.16. The number of thiocarbonyl (C=S) groups is 1. The van der Waals surface area contributed by atoms with Gasteiger partial charge in [0, 0.05) is 21.4 Å². The van der Waals surface area contributed by atoms with Crippen molar-refractivity contribution >= 4 is 39.9 Å². The van der Waals surface area contributed by atoms with E-state index >= 15 is 0 Å². The first kappa shape index (κ1) is 15.1. The Morgan fingerprint density at radius 1 is 1.27 bits per heavy atom. The number of phenolic OH excluding ortho intramolecular Hbond substituents is 1. The number of hydrogen-bond acceptors (Lipinski definition) is 6. The minimum Gasteiger partial charge on any atom is -0.507 e. The summed E-state index contributed by atoms with van der Waals surface area (Å²) in [7, 11) is 1.58. The van der Waals surface area contributed by atoms with Crippen LogP contribution in [0.5, 0.6) is 5.75 Å². The molecule has 3 nitrogen and oxygen atoms in total. The number of thiazole rings is 1. The van der Waals surface area contributed by atoms with E-state index in [0.717, 1.165) is 31.6 Å². The number of aryl methyl sites for hydroxylation is 1. The summed E-state index contributed by atoms with van der Waals surface area (Å²) in [6, 6.07) is 9.23. The SMILES string of the molecule is COC(=S)c1cc(-c2nc(-c3ccccc3O)cs2)c(C)s1. The fraction of sp³-hybridized carbons (Fsp3) is 0.125. The molecule has 0 aliphatic rings. The lowest BCUT2D eigenvalue weighted by atomic mass is 10.1. The van der Waals surface area contributed by atoms with Crippen molar-refractivity contribution in [1.29, 1.82) is 0 Å². The molecule has 1 aromatic carbocycles. The second-order valence-electron chi connectivity index (χ2n) is 4.63. The normalized spacial score (nSPS) is 10.6. The maximum absolute atomic E-state index is 9.94. The van der Waals surface area contributed by atoms with Crippen molar-refractivity contribution in [3.8, 4) is 27.6 Å². The number of ether oxygens (including phenoxy) is 1. The number of aromatic hydroxyl groups is 1. The molecule has 0 bridgehead atoms. The molecule has 0 radical (unpaired) electrons. The molecule has 0 spiro atoms. The molecule has 0 amide bonds. The number of para-hydroxylation sites is 1. The van der Waals surface area contributed by atoms with Gasteiger partial charge in [0.05, 0.1) is 17.7 Å². The molecule has 0 saturated carbocycles. The van der Waals surface area contributed by atoms with Crippen molar-refractivity contribution in [2.75, 3.05) is 7.11 Å². The van der Waals surface area contributed by atoms with Gasteiger partial charge in [-0.2, -0.15) is 0 Å². The van der Waals surface area contributed by atoms with E-state index in [2.05, 4.69) is 4.98 Å². The summed E-state index contributed by atoms with van der Waals surface area (Å²) in [5, 5.41) is 13.3. The highest BCUT2D eigenvalue weighted by atomic mass is 32.1. The Labute approximate surface area is 141 Å². The third kappa shape index (κ3) is 2.77. The zero-order valence-corrected chi connectivity index (χ0v) is 14.4. The van der Waals surface area contributed by atoms with Gasteiger partial charge < -0.3 is 9.84 Å². The van der Waals surface area contributed by atoms with Gasteiger partial charge in [-0.15, -0.1) is 22.7 Å². The molecule has 112 valence electrons. The van der Waals surface area contributed by atoms with Crippen LogP contribution in [0.15, 0.2) is 35.7 Å². The van der Waals surface area contributed by atoms with Crippen LogP contribution < -0.4 is 0 Å². The molecule has 0 fully saturated rings. The Morgan fingerprint density at radius 2 is 2.05 bits per heavy atom. The van der Waals surface area contributed by atoms with Crippen molar-refractivity contribution in [3.05, 3.63) is 45.5 Å². The average molecular weight is 347 g/mol. The number of methoxy groups -OCH3 is 1. The molecule has 2 aromatic heterocycles. The molecule has 3 aromatic rings. The Bertz CT molecular complexity index is 836. The predicted octanol–water partition coefficient (Wildman–Crippen LogP) is 4.87. The van der Waals surface area contributed by atoms with Gasteiger partial charge in [-0.25, -0.2) is 4.98 Å². The number of thiophene rings is 1. The molecule has 0 aliphatic carbocycles. The predicted molar refractivity (Wildman–Crippen MR) is 96.0 cm³/mol. The van der Waals surface area contributed by atoms with Crippen molar-refractivity contribution in [2.45, 2.75) is 6.92 Å². The number of nitrogens with zero attached hydrogens (tertiary/aromatic N) is 1. The fourth-order valence-electron chi connectivity index (χ4n) is 2.11. The van der Waals surface area contributed by atoms with E-state index in [1.807, 2.05) is 30.5 Å². The Kier molecular flexibility index (Phi) is 4.24. The monoisotopic (exact) mass is 347 g/mol. The smallest absolute Gasteiger partial charge is 0.201 e. The maximum atomic E-state index is 9.94. The van der Waals surface area contributed by atoms with Crippen LogP contribution >= 0.6 is 34.9 Å². The van der Waals surface area contributed by atoms with E-state index in [1.54, 1.807) is 41.9 Å². The zero-order valence-electron chi connectivity index (χ0n) is 12.0. The van der Waals surface area contributed by atoms with Crippen LogP contribution in [0, 0.1) is 6.92 Å². The lowest BCUT2D eigenvalue weighted by molar-refractivity contribution is 0.417. The van der Waals surface area contributed by atoms with Gasteiger partial charge in [0.1, 0.15) is 10.8 Å². The topological polar surface area (TPSA) is 42.4 Å². The summed E-state index contributed by atoms with van der Waals surface area (Å²) in [6.07, 6.45) is 0. The summed E-state index contributed by atoms with van der Waals surface area (Å²) in [5.74, 6) is 0.239. The van der Waals surface area contributed by atoms with Crippen molar-refractivity contribution < 1.29 is 9.84 Å². The lowest BCUT2D eigenvalue weighted by Gasteiger charge is -1.99. The molecular weight excluding hydrogens is 334 g/mol. The van der Waals surface area contributed by atoms with Crippen molar-refractivity contribution in [3.63, 3.8) is 0 Å². The van der Waals surface area contributed by atoms with E-state index in [-0.39, 0.29) is 5.75 Å². The van der Waals surface area contributed by atoms with Gasteiger partial charge in [-0.05, 0) is 37.3 Å². The van der Waals surface area contributed by atoms with Crippen molar-refractivity contribution in [2.24, 2.45) is 0 Å². The lowest BCUT2D eigenvalue weighted by Crippen LogP contribution is -1.94. The minimum absolute atomic E-state index is 0.239. The quantitative estimate of drug-likeness (QED) is 0.686. The first-order chi connectivity index (χ1) is 10.6. The summed E-state index contributed by atoms with van der Waals surface area (Å²) in [6.45, 7) is 2.04. The third-order valence-corrected chi connectivity index (χ3v) is 5.66. The molecule has 3 rings (SSSR count). The number of rotatable bonds is 3. The zero-order chi connectivity index (χ0) is 15.7. The minimum atomic E-state index is 0.239. The second-order valence-corrected chi connectivity index (χ2v) is 7.11. The summed E-state index contributed by atoms with van der Waals surface area (Å²) >= 11 is 8.34. The molecule has 0 atom stereocenters. The Hall–Kier alpha value is -1.76. The number of benzene rings is 1. The highest BCUT2D eigenvalue weighted by Crippen LogP contribution is 2.37. The summed E-state index contributed by atoms with van der Waals surface area (Å²) in [4.78, 5) is 6.73. The van der Waals surface area contributed by atoms with Gasteiger partial charge in [0.25, 0.3) is 0 Å². The van der Waals surface area contributed by atoms with Crippen LogP contribution in [0.3, 0.4) is 0 Å². The van der Waals surface area contributed by atoms with E-state index in [0.29, 0.717) is 5.05 Å². The maximum Gasteiger partial charge on any atom is 0.201 e. The van der Waals surface area contributed by atoms with Crippen LogP contribution in [0.2, 0.25) is 0 Å². The van der Waals surface area contributed by atoms with Crippen LogP contribution in [-0.4, -0.2) is 22.3 Å². The Morgan fingerprint density at radius 3 is 2.77 bits per heavy atom. The summed E-state index contributed by atoms with van der Waals surface area (Å²) in [5.41, 5.74) is 2.58. The standard InChI is InChI=1S/C16H13NO2S3/c1-9-11(7-14(22-9)16(20)19-2)15-17-12(8-21-15)10-5-3-4-6-13(10)18/h3-8,18H,1-2H3. The molecule has 0 saturated heterocycles. The molecule has 0 unspecified atom stereocenters. The van der Waals surface area contributed by atoms with Gasteiger partial charge >= 0.3 is 0 Å². The van der Waals surface area contributed by atoms with Crippen LogP contribution in [-0.2, 0) is 4.74 Å². The Balaban J connectivity index is 2.00. The van der Waals surface area contributed by atoms with Crippen LogP contribution in [0.1, 0.15) is 9.75 Å². The molecule has 0 aliphatic heterocycles. The number of aromatic nitrogens is 1. The highest BCUT2D eigenvalue weighted by molar-refractivity contribution is 7.80. The van der Waals surface area contributed by atoms with E-state index in [4.69, 9.17) is 17.0 Å². The van der Waals surface area contributed by atoms with Gasteiger partial charge in [-0.1, -0.05) is 12.1 Å². The molecule has 6 heteroatoms. The van der Waals surface area contributed by atoms with Gasteiger partial charge in [0.2, 0.25) is 5.05 Å². The molecule has 1 N–H and O–H groups in total. The largest absolute Gasteiger partial charge is 0.507 e. The molecular formula is C16H13NO2S3. The first-order valence-corrected chi connectivity index (χ1v) is 8.63. The van der Waals surface area contributed by atoms with Crippen LogP contribution in [0.4, 0.5) is 0 Å². The highest BCUT2D eigenvalue weighted by Gasteiger charge is 2.15. The molecule has 22 heavy (non-hydrogen) atoms. The van der Waals surface area contributed by atoms with E-state index < -0.39 is 0 Å². The number of phenols is 1. The summed E-state index contributed by atoms with van der Waals surface area (Å²) < 4.78 is 5.12. The van der Waals surface area contributed by atoms with E-state index in [1.165, 1.54) is 0 Å². The number of hydrogen-bond donors (Lipinski definition) is 1. The van der Waals surface area contributed by atoms with Gasteiger partial charge in [-0.3, -0.25) is 0 Å². The third-order valence-electron chi connectivity index (χ3n) is 3.22. The molecule has 2 heterocycles.